The summed E-state index contributed by atoms with van der Waals surface area (Å²) in [5.41, 5.74) is 0.576. The largest absolute Gasteiger partial charge is 0.456 e. The van der Waals surface area contributed by atoms with E-state index in [2.05, 4.69) is 23.2 Å². The molecule has 0 aliphatic heterocycles. The number of amides is 2. The van der Waals surface area contributed by atoms with E-state index in [-0.39, 0.29) is 35.8 Å². The van der Waals surface area contributed by atoms with Gasteiger partial charge in [-0.25, -0.2) is 0 Å². The number of benzene rings is 1. The second-order valence-electron chi connectivity index (χ2n) is 5.46. The zero-order chi connectivity index (χ0) is 22.3. The minimum absolute atomic E-state index is 0.108. The minimum atomic E-state index is -0.765. The van der Waals surface area contributed by atoms with Crippen LogP contribution in [0.25, 0.3) is 0 Å². The van der Waals surface area contributed by atoms with Crippen LogP contribution < -0.4 is 5.32 Å². The van der Waals surface area contributed by atoms with Crippen molar-refractivity contribution >= 4 is 108 Å². The number of hydrogen-bond acceptors (Lipinski definition) is 5. The fourth-order valence-corrected chi connectivity index (χ4v) is 7.08. The van der Waals surface area contributed by atoms with Gasteiger partial charge in [0.2, 0.25) is 0 Å². The van der Waals surface area contributed by atoms with Crippen molar-refractivity contribution < 1.29 is 23.9 Å². The Hall–Kier alpha value is -0.740. The lowest BCUT2D eigenvalue weighted by Gasteiger charge is -2.23. The number of ether oxygens (including phenoxy) is 1. The van der Waals surface area contributed by atoms with Gasteiger partial charge in [0.25, 0.3) is 17.1 Å². The number of hydrogen-bond donors (Lipinski definition) is 1. The first-order chi connectivity index (χ1) is 13.6. The first-order valence-corrected chi connectivity index (χ1v) is 11.5. The predicted molar refractivity (Wildman–Crippen MR) is 136 cm³/mol. The van der Waals surface area contributed by atoms with Gasteiger partial charge in [0, 0.05) is 23.6 Å². The third kappa shape index (κ3) is 6.89. The SMILES string of the molecule is C=CCN(CC=C)C(=O)c1c(I)c(NC(=O)COC(C)=O)c(I)c(C(=O)Cl)c1I. The molecule has 0 aromatic heterocycles. The maximum absolute atomic E-state index is 13.2. The molecule has 7 nitrogen and oxygen atoms in total. The van der Waals surface area contributed by atoms with Gasteiger partial charge in [-0.05, 0) is 79.4 Å². The lowest BCUT2D eigenvalue weighted by molar-refractivity contribution is -0.144. The van der Waals surface area contributed by atoms with Crippen LogP contribution in [0.5, 0.6) is 0 Å². The smallest absolute Gasteiger partial charge is 0.303 e. The zero-order valence-electron chi connectivity index (χ0n) is 15.2. The van der Waals surface area contributed by atoms with Crippen LogP contribution in [0.2, 0.25) is 0 Å². The van der Waals surface area contributed by atoms with Crippen molar-refractivity contribution in [2.45, 2.75) is 6.92 Å². The molecule has 0 saturated carbocycles. The van der Waals surface area contributed by atoms with E-state index >= 15 is 0 Å². The number of halogens is 4. The number of nitrogens with zero attached hydrogens (tertiary/aromatic N) is 1. The molecule has 1 N–H and O–H groups in total. The molecule has 1 aromatic rings. The maximum Gasteiger partial charge on any atom is 0.303 e. The van der Waals surface area contributed by atoms with Gasteiger partial charge in [-0.3, -0.25) is 19.2 Å². The van der Waals surface area contributed by atoms with Gasteiger partial charge in [0.15, 0.2) is 6.61 Å². The summed E-state index contributed by atoms with van der Waals surface area (Å²) in [4.78, 5) is 49.8. The summed E-state index contributed by atoms with van der Waals surface area (Å²) >= 11 is 11.5. The first kappa shape index (κ1) is 26.3. The molecule has 156 valence electrons. The van der Waals surface area contributed by atoms with Crippen LogP contribution in [0.3, 0.4) is 0 Å². The maximum atomic E-state index is 13.2. The van der Waals surface area contributed by atoms with Crippen LogP contribution in [0.15, 0.2) is 25.3 Å². The number of carbonyl (C=O) groups is 4. The van der Waals surface area contributed by atoms with Crippen molar-refractivity contribution in [3.05, 3.63) is 47.1 Å². The topological polar surface area (TPSA) is 92.8 Å². The molecule has 0 radical (unpaired) electrons. The van der Waals surface area contributed by atoms with Crippen molar-refractivity contribution in [3.8, 4) is 0 Å². The van der Waals surface area contributed by atoms with E-state index in [0.29, 0.717) is 10.7 Å². The molecular formula is C18H16ClI3N2O5. The van der Waals surface area contributed by atoms with Crippen molar-refractivity contribution in [1.82, 2.24) is 4.90 Å². The van der Waals surface area contributed by atoms with Crippen LogP contribution in [-0.4, -0.2) is 47.6 Å². The van der Waals surface area contributed by atoms with E-state index in [4.69, 9.17) is 11.6 Å². The van der Waals surface area contributed by atoms with E-state index in [1.54, 1.807) is 12.2 Å². The molecule has 0 aliphatic carbocycles. The van der Waals surface area contributed by atoms with Crippen molar-refractivity contribution in [3.63, 3.8) is 0 Å². The van der Waals surface area contributed by atoms with E-state index in [1.807, 2.05) is 67.8 Å². The minimum Gasteiger partial charge on any atom is -0.456 e. The summed E-state index contributed by atoms with van der Waals surface area (Å²) in [5, 5.41) is 1.83. The lowest BCUT2D eigenvalue weighted by atomic mass is 10.1. The van der Waals surface area contributed by atoms with Crippen LogP contribution in [0, 0.1) is 10.7 Å². The summed E-state index contributed by atoms with van der Waals surface area (Å²) in [6, 6.07) is 0. The van der Waals surface area contributed by atoms with Gasteiger partial charge < -0.3 is 15.0 Å². The van der Waals surface area contributed by atoms with Gasteiger partial charge >= 0.3 is 5.97 Å². The number of anilines is 1. The Balaban J connectivity index is 3.58. The molecule has 1 rings (SSSR count). The molecule has 1 aromatic carbocycles. The quantitative estimate of drug-likeness (QED) is 0.177. The predicted octanol–water partition coefficient (Wildman–Crippen LogP) is 4.20. The highest BCUT2D eigenvalue weighted by Crippen LogP contribution is 2.37. The lowest BCUT2D eigenvalue weighted by Crippen LogP contribution is -2.33. The molecule has 0 aliphatic rings. The molecule has 0 bridgehead atoms. The summed E-state index contributed by atoms with van der Waals surface area (Å²) in [6.45, 7) is 8.51. The highest BCUT2D eigenvalue weighted by molar-refractivity contribution is 14.1. The summed E-state index contributed by atoms with van der Waals surface area (Å²) in [6.07, 6.45) is 3.15. The Labute approximate surface area is 214 Å². The van der Waals surface area contributed by atoms with Gasteiger partial charge in [-0.2, -0.15) is 0 Å². The molecule has 29 heavy (non-hydrogen) atoms. The van der Waals surface area contributed by atoms with E-state index in [9.17, 15) is 19.2 Å². The van der Waals surface area contributed by atoms with E-state index in [0.717, 1.165) is 0 Å². The fourth-order valence-electron chi connectivity index (χ4n) is 2.19. The van der Waals surface area contributed by atoms with Crippen molar-refractivity contribution in [1.29, 1.82) is 0 Å². The number of nitrogens with one attached hydrogen (secondary N) is 1. The molecule has 11 heteroatoms. The van der Waals surface area contributed by atoms with Gasteiger partial charge in [-0.15, -0.1) is 13.2 Å². The molecule has 0 saturated heterocycles. The van der Waals surface area contributed by atoms with Crippen LogP contribution in [0.4, 0.5) is 5.69 Å². The second-order valence-corrected chi connectivity index (χ2v) is 9.04. The van der Waals surface area contributed by atoms with Gasteiger partial charge in [0.1, 0.15) is 0 Å². The number of rotatable bonds is 9. The Morgan fingerprint density at radius 1 is 1.03 bits per heavy atom. The third-order valence-electron chi connectivity index (χ3n) is 3.38. The van der Waals surface area contributed by atoms with Gasteiger partial charge in [-0.1, -0.05) is 12.2 Å². The van der Waals surface area contributed by atoms with Crippen molar-refractivity contribution in [2.24, 2.45) is 0 Å². The molecule has 0 unspecified atom stereocenters. The van der Waals surface area contributed by atoms with Gasteiger partial charge in [0.05, 0.1) is 24.0 Å². The Bertz CT molecular complexity index is 879. The summed E-state index contributed by atoms with van der Waals surface area (Å²) in [5.74, 6) is -1.59. The molecule has 0 fully saturated rings. The Morgan fingerprint density at radius 3 is 2.00 bits per heavy atom. The summed E-state index contributed by atoms with van der Waals surface area (Å²) in [7, 11) is 0. The highest BCUT2D eigenvalue weighted by atomic mass is 127. The Morgan fingerprint density at radius 2 is 1.55 bits per heavy atom. The zero-order valence-corrected chi connectivity index (χ0v) is 22.4. The third-order valence-corrected chi connectivity index (χ3v) is 6.81. The molecular weight excluding hydrogens is 740 g/mol. The van der Waals surface area contributed by atoms with Crippen LogP contribution in [-0.2, 0) is 14.3 Å². The first-order valence-electron chi connectivity index (χ1n) is 7.91. The normalized spacial score (nSPS) is 10.1. The Kier molecular flexibility index (Phi) is 11.1. The van der Waals surface area contributed by atoms with E-state index in [1.165, 1.54) is 11.8 Å². The average molecular weight is 756 g/mol. The molecule has 2 amide bonds. The van der Waals surface area contributed by atoms with E-state index < -0.39 is 23.7 Å². The highest BCUT2D eigenvalue weighted by Gasteiger charge is 2.29. The second kappa shape index (κ2) is 12.2. The average Bonchev–Trinajstić information content (AvgIpc) is 2.62. The molecule has 0 atom stereocenters. The molecule has 0 spiro atoms. The standard InChI is InChI=1S/C18H16ClI3N2O5/c1-4-6-24(7-5-2)18(28)12-13(20)11(17(19)27)14(21)16(15(12)22)23-10(26)8-29-9(3)25/h4-5H,1-2,6-8H2,3H3,(H,23,26). The fraction of sp³-hybridized carbons (Fsp3) is 0.222. The van der Waals surface area contributed by atoms with Crippen LogP contribution in [0.1, 0.15) is 27.6 Å². The number of carbonyl (C=O) groups excluding carboxylic acids is 4. The summed E-state index contributed by atoms with van der Waals surface area (Å²) < 4.78 is 5.87. The monoisotopic (exact) mass is 756 g/mol. The number of esters is 1. The van der Waals surface area contributed by atoms with Crippen LogP contribution >= 0.6 is 79.4 Å². The van der Waals surface area contributed by atoms with Crippen molar-refractivity contribution in [2.75, 3.05) is 25.0 Å². The molecule has 0 heterocycles.